The zero-order chi connectivity index (χ0) is 14.0. The standard InChI is InChI=1S/C13H14F3NO2/c14-10-4-8(5-11(15)12(10)16)6-17-3-1-2-9(7-17)13(18)19/h4-5,9H,1-3,6-7H2,(H,18,19). The van der Waals surface area contributed by atoms with Crippen LogP contribution in [0.2, 0.25) is 0 Å². The second kappa shape index (κ2) is 5.61. The number of hydrogen-bond acceptors (Lipinski definition) is 2. The van der Waals surface area contributed by atoms with Crippen molar-refractivity contribution in [3.63, 3.8) is 0 Å². The summed E-state index contributed by atoms with van der Waals surface area (Å²) < 4.78 is 39.0. The van der Waals surface area contributed by atoms with E-state index in [1.165, 1.54) is 0 Å². The van der Waals surface area contributed by atoms with E-state index in [0.717, 1.165) is 18.6 Å². The summed E-state index contributed by atoms with van der Waals surface area (Å²) in [4.78, 5) is 12.7. The van der Waals surface area contributed by atoms with Gasteiger partial charge in [0, 0.05) is 13.1 Å². The van der Waals surface area contributed by atoms with Crippen LogP contribution >= 0.6 is 0 Å². The summed E-state index contributed by atoms with van der Waals surface area (Å²) in [6, 6.07) is 1.89. The highest BCUT2D eigenvalue weighted by Gasteiger charge is 2.25. The number of carboxylic acids is 1. The lowest BCUT2D eigenvalue weighted by Crippen LogP contribution is -2.38. The van der Waals surface area contributed by atoms with E-state index < -0.39 is 29.3 Å². The van der Waals surface area contributed by atoms with Crippen molar-refractivity contribution >= 4 is 5.97 Å². The van der Waals surface area contributed by atoms with Gasteiger partial charge in [-0.05, 0) is 37.1 Å². The van der Waals surface area contributed by atoms with Crippen LogP contribution in [0.1, 0.15) is 18.4 Å². The van der Waals surface area contributed by atoms with Gasteiger partial charge in [0.05, 0.1) is 5.92 Å². The number of halogens is 3. The Morgan fingerprint density at radius 3 is 2.53 bits per heavy atom. The average Bonchev–Trinajstić information content (AvgIpc) is 2.36. The highest BCUT2D eigenvalue weighted by atomic mass is 19.2. The molecule has 1 aliphatic heterocycles. The third-order valence-corrected chi connectivity index (χ3v) is 3.30. The van der Waals surface area contributed by atoms with Gasteiger partial charge in [0.25, 0.3) is 0 Å². The fourth-order valence-corrected chi connectivity index (χ4v) is 2.36. The lowest BCUT2D eigenvalue weighted by atomic mass is 9.98. The van der Waals surface area contributed by atoms with Gasteiger partial charge in [-0.25, -0.2) is 13.2 Å². The monoisotopic (exact) mass is 273 g/mol. The number of carboxylic acid groups (broad SMARTS) is 1. The number of piperidine rings is 1. The summed E-state index contributed by atoms with van der Waals surface area (Å²) in [5, 5.41) is 8.95. The molecule has 104 valence electrons. The van der Waals surface area contributed by atoms with E-state index in [1.54, 1.807) is 0 Å². The zero-order valence-electron chi connectivity index (χ0n) is 10.2. The molecular formula is C13H14F3NO2. The Kier molecular flexibility index (Phi) is 4.09. The maximum absolute atomic E-state index is 13.1. The summed E-state index contributed by atoms with van der Waals surface area (Å²) in [7, 11) is 0. The molecule has 1 aromatic rings. The number of aliphatic carboxylic acids is 1. The highest BCUT2D eigenvalue weighted by Crippen LogP contribution is 2.20. The van der Waals surface area contributed by atoms with Crippen molar-refractivity contribution in [3.05, 3.63) is 35.1 Å². The summed E-state index contributed by atoms with van der Waals surface area (Å²) in [5.74, 6) is -5.24. The van der Waals surface area contributed by atoms with Crippen LogP contribution in [0.3, 0.4) is 0 Å². The Bertz CT molecular complexity index is 470. The lowest BCUT2D eigenvalue weighted by Gasteiger charge is -2.30. The molecule has 19 heavy (non-hydrogen) atoms. The van der Waals surface area contributed by atoms with Gasteiger partial charge in [0.1, 0.15) is 0 Å². The minimum absolute atomic E-state index is 0.220. The van der Waals surface area contributed by atoms with Gasteiger partial charge < -0.3 is 5.11 Å². The van der Waals surface area contributed by atoms with E-state index in [0.29, 0.717) is 25.1 Å². The van der Waals surface area contributed by atoms with E-state index in [2.05, 4.69) is 0 Å². The van der Waals surface area contributed by atoms with Crippen molar-refractivity contribution in [1.29, 1.82) is 0 Å². The van der Waals surface area contributed by atoms with Crippen molar-refractivity contribution in [2.75, 3.05) is 13.1 Å². The van der Waals surface area contributed by atoms with Gasteiger partial charge in [0.2, 0.25) is 0 Å². The molecule has 6 heteroatoms. The normalized spacial score (nSPS) is 20.5. The smallest absolute Gasteiger partial charge is 0.307 e. The van der Waals surface area contributed by atoms with Crippen LogP contribution in [0.4, 0.5) is 13.2 Å². The van der Waals surface area contributed by atoms with Crippen LogP contribution < -0.4 is 0 Å². The largest absolute Gasteiger partial charge is 0.481 e. The molecular weight excluding hydrogens is 259 g/mol. The first-order chi connectivity index (χ1) is 8.97. The number of rotatable bonds is 3. The quantitative estimate of drug-likeness (QED) is 0.860. The van der Waals surface area contributed by atoms with Crippen LogP contribution in [0.5, 0.6) is 0 Å². The molecule has 0 spiro atoms. The molecule has 1 aliphatic rings. The third kappa shape index (κ3) is 3.26. The van der Waals surface area contributed by atoms with Gasteiger partial charge in [-0.1, -0.05) is 0 Å². The van der Waals surface area contributed by atoms with Crippen molar-refractivity contribution in [2.45, 2.75) is 19.4 Å². The molecule has 0 aliphatic carbocycles. The van der Waals surface area contributed by atoms with Crippen LogP contribution in [-0.4, -0.2) is 29.1 Å². The molecule has 1 saturated heterocycles. The molecule has 1 fully saturated rings. The van der Waals surface area contributed by atoms with Crippen molar-refractivity contribution < 1.29 is 23.1 Å². The Labute approximate surface area is 108 Å². The molecule has 1 heterocycles. The maximum atomic E-state index is 13.1. The van der Waals surface area contributed by atoms with Crippen LogP contribution in [0, 0.1) is 23.4 Å². The Balaban J connectivity index is 2.07. The maximum Gasteiger partial charge on any atom is 0.307 e. The van der Waals surface area contributed by atoms with E-state index in [4.69, 9.17) is 5.11 Å². The average molecular weight is 273 g/mol. The lowest BCUT2D eigenvalue weighted by molar-refractivity contribution is -0.143. The summed E-state index contributed by atoms with van der Waals surface area (Å²) in [6.07, 6.45) is 1.33. The molecule has 0 radical (unpaired) electrons. The molecule has 1 N–H and O–H groups in total. The summed E-state index contributed by atoms with van der Waals surface area (Å²) in [6.45, 7) is 1.23. The molecule has 2 rings (SSSR count). The molecule has 1 atom stereocenters. The third-order valence-electron chi connectivity index (χ3n) is 3.30. The predicted molar refractivity (Wildman–Crippen MR) is 62.0 cm³/mol. The highest BCUT2D eigenvalue weighted by molar-refractivity contribution is 5.70. The van der Waals surface area contributed by atoms with Crippen molar-refractivity contribution in [1.82, 2.24) is 4.90 Å². The summed E-state index contributed by atoms with van der Waals surface area (Å²) >= 11 is 0. The van der Waals surface area contributed by atoms with E-state index in [9.17, 15) is 18.0 Å². The molecule has 0 aromatic heterocycles. The van der Waals surface area contributed by atoms with E-state index in [1.807, 2.05) is 4.90 Å². The van der Waals surface area contributed by atoms with Crippen LogP contribution in [0.25, 0.3) is 0 Å². The Morgan fingerprint density at radius 2 is 1.95 bits per heavy atom. The SMILES string of the molecule is O=C(O)C1CCCN(Cc2cc(F)c(F)c(F)c2)C1. The molecule has 0 amide bonds. The van der Waals surface area contributed by atoms with Gasteiger partial charge in [-0.15, -0.1) is 0 Å². The first kappa shape index (κ1) is 13.9. The minimum Gasteiger partial charge on any atom is -0.481 e. The molecule has 1 aromatic carbocycles. The van der Waals surface area contributed by atoms with Gasteiger partial charge in [-0.2, -0.15) is 0 Å². The number of carbonyl (C=O) groups is 1. The molecule has 0 saturated carbocycles. The number of nitrogens with zero attached hydrogens (tertiary/aromatic N) is 1. The van der Waals surface area contributed by atoms with Crippen molar-refractivity contribution in [3.8, 4) is 0 Å². The van der Waals surface area contributed by atoms with Gasteiger partial charge in [-0.3, -0.25) is 9.69 Å². The second-order valence-corrected chi connectivity index (χ2v) is 4.79. The van der Waals surface area contributed by atoms with Crippen LogP contribution in [-0.2, 0) is 11.3 Å². The number of hydrogen-bond donors (Lipinski definition) is 1. The van der Waals surface area contributed by atoms with Gasteiger partial charge >= 0.3 is 5.97 Å². The number of likely N-dealkylation sites (tertiary alicyclic amines) is 1. The zero-order valence-corrected chi connectivity index (χ0v) is 10.2. The van der Waals surface area contributed by atoms with E-state index >= 15 is 0 Å². The molecule has 1 unspecified atom stereocenters. The first-order valence-corrected chi connectivity index (χ1v) is 6.06. The molecule has 0 bridgehead atoms. The van der Waals surface area contributed by atoms with Crippen LogP contribution in [0.15, 0.2) is 12.1 Å². The predicted octanol–water partition coefficient (Wildman–Crippen LogP) is 2.40. The molecule has 3 nitrogen and oxygen atoms in total. The Morgan fingerprint density at radius 1 is 1.32 bits per heavy atom. The van der Waals surface area contributed by atoms with E-state index in [-0.39, 0.29) is 6.54 Å². The first-order valence-electron chi connectivity index (χ1n) is 6.06. The second-order valence-electron chi connectivity index (χ2n) is 4.79. The topological polar surface area (TPSA) is 40.5 Å². The Hall–Kier alpha value is -1.56. The minimum atomic E-state index is -1.48. The van der Waals surface area contributed by atoms with Crippen molar-refractivity contribution in [2.24, 2.45) is 5.92 Å². The summed E-state index contributed by atoms with van der Waals surface area (Å²) in [5.41, 5.74) is 0.308. The fourth-order valence-electron chi connectivity index (χ4n) is 2.36. The van der Waals surface area contributed by atoms with Gasteiger partial charge in [0.15, 0.2) is 17.5 Å². The fraction of sp³-hybridized carbons (Fsp3) is 0.462. The number of benzene rings is 1.